The third-order valence-electron chi connectivity index (χ3n) is 6.80. The highest BCUT2D eigenvalue weighted by atomic mass is 32.2. The van der Waals surface area contributed by atoms with E-state index in [0.717, 1.165) is 48.9 Å². The number of sulfone groups is 1. The third-order valence-corrected chi connectivity index (χ3v) is 8.73. The molecule has 38 heavy (non-hydrogen) atoms. The van der Waals surface area contributed by atoms with Crippen LogP contribution in [0.25, 0.3) is 0 Å². The van der Waals surface area contributed by atoms with E-state index < -0.39 is 9.84 Å². The van der Waals surface area contributed by atoms with Gasteiger partial charge in [0.2, 0.25) is 15.0 Å². The molecule has 0 amide bonds. The van der Waals surface area contributed by atoms with Crippen LogP contribution >= 0.6 is 12.2 Å². The Morgan fingerprint density at radius 2 is 1.92 bits per heavy atom. The van der Waals surface area contributed by atoms with Crippen LogP contribution in [0.5, 0.6) is 0 Å². The Bertz CT molecular complexity index is 1340. The van der Waals surface area contributed by atoms with E-state index in [1.807, 2.05) is 40.7 Å². The molecule has 1 aromatic heterocycles. The van der Waals surface area contributed by atoms with Crippen LogP contribution in [0, 0.1) is 12.7 Å². The van der Waals surface area contributed by atoms with Gasteiger partial charge in [0.15, 0.2) is 5.11 Å². The summed E-state index contributed by atoms with van der Waals surface area (Å²) >= 11 is 5.70. The van der Waals surface area contributed by atoms with Gasteiger partial charge in [0.25, 0.3) is 0 Å². The number of anilines is 1. The molecule has 1 aliphatic carbocycles. The third kappa shape index (κ3) is 7.18. The standard InChI is InChI=1S/C28H35FN4O3S2/c1-21-7-6-8-22(17-21)20-38(34,35)28-30-18-26(33(28)25-9-4-3-5-10-25)19-32(15-16-36-2)27(37)31-24-13-11-23(29)12-14-24/h6-8,11-14,17-18,25H,3-5,9-10,15-16,19-20H2,1-2H3,(H,31,37). The zero-order valence-corrected chi connectivity index (χ0v) is 23.5. The fraction of sp³-hybridized carbons (Fsp3) is 0.429. The van der Waals surface area contributed by atoms with Gasteiger partial charge in [-0.15, -0.1) is 0 Å². The molecule has 4 rings (SSSR count). The molecule has 1 saturated carbocycles. The van der Waals surface area contributed by atoms with Crippen molar-refractivity contribution in [1.29, 1.82) is 0 Å². The molecular formula is C28H35FN4O3S2. The Kier molecular flexibility index (Phi) is 9.51. The van der Waals surface area contributed by atoms with Crippen molar-refractivity contribution in [2.45, 2.75) is 62.5 Å². The van der Waals surface area contributed by atoms with Gasteiger partial charge in [0.1, 0.15) is 5.82 Å². The van der Waals surface area contributed by atoms with Crippen LogP contribution in [0.3, 0.4) is 0 Å². The number of nitrogens with one attached hydrogen (secondary N) is 1. The van der Waals surface area contributed by atoms with Gasteiger partial charge >= 0.3 is 0 Å². The number of imidazole rings is 1. The molecule has 0 unspecified atom stereocenters. The van der Waals surface area contributed by atoms with Gasteiger partial charge < -0.3 is 19.5 Å². The molecule has 7 nitrogen and oxygen atoms in total. The minimum atomic E-state index is -3.69. The first-order valence-electron chi connectivity index (χ1n) is 12.9. The lowest BCUT2D eigenvalue weighted by Gasteiger charge is -2.30. The number of aryl methyl sites for hydroxylation is 1. The molecule has 0 atom stereocenters. The maximum Gasteiger partial charge on any atom is 0.228 e. The predicted octanol–water partition coefficient (Wildman–Crippen LogP) is 5.66. The first-order chi connectivity index (χ1) is 18.3. The number of halogens is 1. The summed E-state index contributed by atoms with van der Waals surface area (Å²) in [5, 5.41) is 3.71. The van der Waals surface area contributed by atoms with Crippen LogP contribution in [0.2, 0.25) is 0 Å². The molecule has 1 heterocycles. The van der Waals surface area contributed by atoms with Crippen LogP contribution in [-0.2, 0) is 26.9 Å². The summed E-state index contributed by atoms with van der Waals surface area (Å²) in [5.74, 6) is -0.427. The molecular weight excluding hydrogens is 523 g/mol. The summed E-state index contributed by atoms with van der Waals surface area (Å²) in [6.45, 7) is 3.24. The Morgan fingerprint density at radius 3 is 2.61 bits per heavy atom. The second kappa shape index (κ2) is 12.8. The zero-order valence-electron chi connectivity index (χ0n) is 21.9. The molecule has 3 aromatic rings. The van der Waals surface area contributed by atoms with E-state index in [9.17, 15) is 12.8 Å². The zero-order chi connectivity index (χ0) is 27.1. The summed E-state index contributed by atoms with van der Waals surface area (Å²) in [7, 11) is -2.07. The van der Waals surface area contributed by atoms with Crippen molar-refractivity contribution in [2.75, 3.05) is 25.6 Å². The number of thiocarbonyl (C=S) groups is 1. The van der Waals surface area contributed by atoms with Gasteiger partial charge in [0.05, 0.1) is 30.8 Å². The Hall–Kier alpha value is -2.82. The Morgan fingerprint density at radius 1 is 1.18 bits per heavy atom. The Balaban J connectivity index is 1.64. The monoisotopic (exact) mass is 558 g/mol. The van der Waals surface area contributed by atoms with E-state index in [4.69, 9.17) is 17.0 Å². The van der Waals surface area contributed by atoms with Crippen molar-refractivity contribution in [1.82, 2.24) is 14.5 Å². The maximum atomic E-state index is 13.7. The molecule has 1 aliphatic rings. The van der Waals surface area contributed by atoms with Crippen molar-refractivity contribution in [3.8, 4) is 0 Å². The molecule has 1 N–H and O–H groups in total. The normalized spacial score (nSPS) is 14.4. The lowest BCUT2D eigenvalue weighted by atomic mass is 9.95. The first-order valence-corrected chi connectivity index (χ1v) is 15.0. The van der Waals surface area contributed by atoms with Gasteiger partial charge in [-0.05, 0) is 61.8 Å². The minimum absolute atomic E-state index is 0.0615. The van der Waals surface area contributed by atoms with E-state index in [1.165, 1.54) is 12.1 Å². The number of rotatable bonds is 10. The van der Waals surface area contributed by atoms with Gasteiger partial charge in [-0.2, -0.15) is 0 Å². The summed E-state index contributed by atoms with van der Waals surface area (Å²) in [6.07, 6.45) is 6.74. The molecule has 204 valence electrons. The molecule has 1 fully saturated rings. The van der Waals surface area contributed by atoms with E-state index in [-0.39, 0.29) is 22.8 Å². The SMILES string of the molecule is COCCN(Cc1cnc(S(=O)(=O)Cc2cccc(C)c2)n1C1CCCCC1)C(=S)Nc1ccc(F)cc1. The molecule has 2 aromatic carbocycles. The smallest absolute Gasteiger partial charge is 0.228 e. The van der Waals surface area contributed by atoms with E-state index in [1.54, 1.807) is 25.4 Å². The van der Waals surface area contributed by atoms with Gasteiger partial charge in [-0.1, -0.05) is 49.1 Å². The average Bonchev–Trinajstić information content (AvgIpc) is 3.33. The highest BCUT2D eigenvalue weighted by Gasteiger charge is 2.30. The van der Waals surface area contributed by atoms with Crippen LogP contribution in [0.4, 0.5) is 10.1 Å². The molecule has 0 spiro atoms. The largest absolute Gasteiger partial charge is 0.383 e. The van der Waals surface area contributed by atoms with E-state index in [0.29, 0.717) is 30.5 Å². The van der Waals surface area contributed by atoms with E-state index in [2.05, 4.69) is 10.3 Å². The number of hydrogen-bond acceptors (Lipinski definition) is 5. The fourth-order valence-corrected chi connectivity index (χ4v) is 6.73. The van der Waals surface area contributed by atoms with Gasteiger partial charge in [0, 0.05) is 25.4 Å². The van der Waals surface area contributed by atoms with Crippen molar-refractivity contribution in [3.63, 3.8) is 0 Å². The summed E-state index contributed by atoms with van der Waals surface area (Å²) < 4.78 is 47.9. The molecule has 0 radical (unpaired) electrons. The molecule has 10 heteroatoms. The van der Waals surface area contributed by atoms with Gasteiger partial charge in [-0.3, -0.25) is 0 Å². The summed E-state index contributed by atoms with van der Waals surface area (Å²) in [6, 6.07) is 13.6. The second-order valence-corrected chi connectivity index (χ2v) is 12.1. The second-order valence-electron chi connectivity index (χ2n) is 9.79. The first kappa shape index (κ1) is 28.2. The lowest BCUT2D eigenvalue weighted by molar-refractivity contribution is 0.173. The fourth-order valence-electron chi connectivity index (χ4n) is 4.93. The topological polar surface area (TPSA) is 76.5 Å². The quantitative estimate of drug-likeness (QED) is 0.322. The highest BCUT2D eigenvalue weighted by Crippen LogP contribution is 2.33. The lowest BCUT2D eigenvalue weighted by Crippen LogP contribution is -2.37. The number of aromatic nitrogens is 2. The predicted molar refractivity (Wildman–Crippen MR) is 151 cm³/mol. The molecule has 0 bridgehead atoms. The molecule has 0 aliphatic heterocycles. The summed E-state index contributed by atoms with van der Waals surface area (Å²) in [5.41, 5.74) is 3.22. The van der Waals surface area contributed by atoms with Gasteiger partial charge in [-0.25, -0.2) is 17.8 Å². The van der Waals surface area contributed by atoms with Crippen LogP contribution < -0.4 is 5.32 Å². The van der Waals surface area contributed by atoms with Crippen molar-refractivity contribution in [2.24, 2.45) is 0 Å². The highest BCUT2D eigenvalue weighted by molar-refractivity contribution is 7.90. The number of methoxy groups -OCH3 is 1. The number of benzene rings is 2. The van der Waals surface area contributed by atoms with Crippen LogP contribution in [0.15, 0.2) is 59.9 Å². The average molecular weight is 559 g/mol. The van der Waals surface area contributed by atoms with Crippen LogP contribution in [0.1, 0.15) is 55.0 Å². The maximum absolute atomic E-state index is 13.7. The summed E-state index contributed by atoms with van der Waals surface area (Å²) in [4.78, 5) is 6.41. The van der Waals surface area contributed by atoms with Crippen molar-refractivity contribution < 1.29 is 17.5 Å². The number of ether oxygens (including phenoxy) is 1. The number of hydrogen-bond donors (Lipinski definition) is 1. The van der Waals surface area contributed by atoms with Crippen molar-refractivity contribution >= 4 is 32.9 Å². The van der Waals surface area contributed by atoms with E-state index >= 15 is 0 Å². The van der Waals surface area contributed by atoms with Crippen LogP contribution in [-0.4, -0.2) is 48.2 Å². The molecule has 0 saturated heterocycles. The van der Waals surface area contributed by atoms with Crippen molar-refractivity contribution in [3.05, 3.63) is 77.4 Å². The number of nitrogens with zero attached hydrogens (tertiary/aromatic N) is 3. The minimum Gasteiger partial charge on any atom is -0.383 e. The Labute approximate surface area is 229 Å².